The van der Waals surface area contributed by atoms with Crippen molar-refractivity contribution in [1.82, 2.24) is 9.97 Å². The highest BCUT2D eigenvalue weighted by atomic mass is 35.5. The van der Waals surface area contributed by atoms with Gasteiger partial charge in [0, 0.05) is 16.1 Å². The molecule has 0 bridgehead atoms. The highest BCUT2D eigenvalue weighted by Gasteiger charge is 2.18. The second-order valence-corrected chi connectivity index (χ2v) is 7.92. The van der Waals surface area contributed by atoms with Gasteiger partial charge in [0.15, 0.2) is 17.3 Å². The second kappa shape index (κ2) is 8.65. The number of halogens is 2. The number of aromatic nitrogens is 2. The molecule has 8 nitrogen and oxygen atoms in total. The van der Waals surface area contributed by atoms with E-state index in [1.54, 1.807) is 67.6 Å². The van der Waals surface area contributed by atoms with Crippen molar-refractivity contribution in [3.8, 4) is 17.6 Å². The van der Waals surface area contributed by atoms with E-state index in [0.717, 1.165) is 0 Å². The molecule has 0 spiro atoms. The maximum Gasteiger partial charge on any atom is 0.400 e. The van der Waals surface area contributed by atoms with E-state index in [1.807, 2.05) is 0 Å². The van der Waals surface area contributed by atoms with Gasteiger partial charge in [0.2, 0.25) is 0 Å². The summed E-state index contributed by atoms with van der Waals surface area (Å²) in [5, 5.41) is 3.66. The lowest BCUT2D eigenvalue weighted by Gasteiger charge is -2.13. The number of oxazole rings is 2. The molecule has 3 aromatic carbocycles. The summed E-state index contributed by atoms with van der Waals surface area (Å²) in [6.45, 7) is 1.61. The molecule has 1 unspecified atom stereocenters. The van der Waals surface area contributed by atoms with Crippen LogP contribution in [0.5, 0.6) is 17.6 Å². The minimum absolute atomic E-state index is 0.0658. The molecule has 5 rings (SSSR count). The monoisotopic (exact) mass is 483 g/mol. The number of nitrogens with one attached hydrogen (secondary N) is 1. The minimum atomic E-state index is -0.808. The maximum atomic E-state index is 12.5. The third kappa shape index (κ3) is 4.72. The fourth-order valence-corrected chi connectivity index (χ4v) is 3.36. The summed E-state index contributed by atoms with van der Waals surface area (Å²) >= 11 is 11.9. The van der Waals surface area contributed by atoms with Gasteiger partial charge in [0.05, 0.1) is 0 Å². The zero-order valence-electron chi connectivity index (χ0n) is 17.0. The van der Waals surface area contributed by atoms with Crippen molar-refractivity contribution in [2.75, 3.05) is 5.32 Å². The Hall–Kier alpha value is -3.75. The highest BCUT2D eigenvalue weighted by molar-refractivity contribution is 6.31. The van der Waals surface area contributed by atoms with E-state index in [0.29, 0.717) is 43.7 Å². The van der Waals surface area contributed by atoms with Crippen molar-refractivity contribution in [2.24, 2.45) is 0 Å². The van der Waals surface area contributed by atoms with Crippen LogP contribution in [-0.2, 0) is 4.79 Å². The normalized spacial score (nSPS) is 12.1. The minimum Gasteiger partial charge on any atom is -0.481 e. The number of fused-ring (bicyclic) bond motifs is 2. The third-order valence-electron chi connectivity index (χ3n) is 4.62. The van der Waals surface area contributed by atoms with Gasteiger partial charge in [-0.3, -0.25) is 10.1 Å². The van der Waals surface area contributed by atoms with Crippen molar-refractivity contribution < 1.29 is 23.1 Å². The van der Waals surface area contributed by atoms with Gasteiger partial charge in [0.1, 0.15) is 22.5 Å². The molecule has 1 atom stereocenters. The van der Waals surface area contributed by atoms with E-state index in [9.17, 15) is 4.79 Å². The number of benzene rings is 3. The van der Waals surface area contributed by atoms with Crippen molar-refractivity contribution in [1.29, 1.82) is 0 Å². The van der Waals surface area contributed by atoms with Gasteiger partial charge < -0.3 is 18.3 Å². The maximum absolute atomic E-state index is 12.5. The SMILES string of the molecule is CC(Oc1ccc(Oc2nc3ccc(Cl)cc3o2)cc1)C(=O)Nc1nc2cc(Cl)ccc2o1. The summed E-state index contributed by atoms with van der Waals surface area (Å²) in [7, 11) is 0. The quantitative estimate of drug-likeness (QED) is 0.295. The smallest absolute Gasteiger partial charge is 0.400 e. The van der Waals surface area contributed by atoms with Gasteiger partial charge in [-0.25, -0.2) is 0 Å². The summed E-state index contributed by atoms with van der Waals surface area (Å²) < 4.78 is 22.4. The van der Waals surface area contributed by atoms with E-state index in [-0.39, 0.29) is 12.1 Å². The zero-order valence-corrected chi connectivity index (χ0v) is 18.6. The van der Waals surface area contributed by atoms with E-state index >= 15 is 0 Å². The first kappa shape index (κ1) is 21.1. The van der Waals surface area contributed by atoms with Gasteiger partial charge >= 0.3 is 12.1 Å². The predicted octanol–water partition coefficient (Wildman–Crippen LogP) is 6.47. The number of hydrogen-bond donors (Lipinski definition) is 1. The Morgan fingerprint density at radius 1 is 0.879 bits per heavy atom. The number of carbonyl (C=O) groups is 1. The molecule has 2 aromatic heterocycles. The molecule has 0 saturated carbocycles. The molecule has 0 radical (unpaired) electrons. The van der Waals surface area contributed by atoms with Crippen LogP contribution in [0.1, 0.15) is 6.92 Å². The van der Waals surface area contributed by atoms with Crippen LogP contribution >= 0.6 is 23.2 Å². The topological polar surface area (TPSA) is 99.6 Å². The van der Waals surface area contributed by atoms with Crippen LogP contribution in [0.3, 0.4) is 0 Å². The number of ether oxygens (including phenoxy) is 2. The van der Waals surface area contributed by atoms with Gasteiger partial charge in [-0.05, 0) is 61.5 Å². The predicted molar refractivity (Wildman–Crippen MR) is 123 cm³/mol. The standard InChI is InChI=1S/C23H15Cl2N3O5/c1-12(21(29)28-22-26-18-10-13(24)3-9-19(18)32-22)30-15-4-6-16(7-5-15)31-23-27-17-8-2-14(25)11-20(17)33-23/h2-12H,1H3,(H,26,28,29). The van der Waals surface area contributed by atoms with Crippen LogP contribution in [0, 0.1) is 0 Å². The van der Waals surface area contributed by atoms with E-state index in [4.69, 9.17) is 41.5 Å². The first-order valence-electron chi connectivity index (χ1n) is 9.80. The number of amides is 1. The van der Waals surface area contributed by atoms with Crippen molar-refractivity contribution in [3.63, 3.8) is 0 Å². The first-order chi connectivity index (χ1) is 15.9. The second-order valence-electron chi connectivity index (χ2n) is 7.05. The lowest BCUT2D eigenvalue weighted by Crippen LogP contribution is -2.30. The Morgan fingerprint density at radius 3 is 2.42 bits per heavy atom. The average molecular weight is 484 g/mol. The van der Waals surface area contributed by atoms with Crippen LogP contribution in [0.25, 0.3) is 22.2 Å². The highest BCUT2D eigenvalue weighted by Crippen LogP contribution is 2.28. The fraction of sp³-hybridized carbons (Fsp3) is 0.0870. The Morgan fingerprint density at radius 2 is 1.61 bits per heavy atom. The molecule has 5 aromatic rings. The molecule has 2 heterocycles. The molecule has 1 N–H and O–H groups in total. The van der Waals surface area contributed by atoms with Crippen molar-refractivity contribution in [3.05, 3.63) is 70.7 Å². The van der Waals surface area contributed by atoms with Gasteiger partial charge in [-0.15, -0.1) is 0 Å². The van der Waals surface area contributed by atoms with Gasteiger partial charge in [-0.1, -0.05) is 23.2 Å². The lowest BCUT2D eigenvalue weighted by atomic mass is 10.3. The molecule has 10 heteroatoms. The molecule has 33 heavy (non-hydrogen) atoms. The number of hydrogen-bond acceptors (Lipinski definition) is 7. The Kier molecular flexibility index (Phi) is 5.53. The summed E-state index contributed by atoms with van der Waals surface area (Å²) in [6.07, 6.45) is -0.717. The van der Waals surface area contributed by atoms with Gasteiger partial charge in [0.25, 0.3) is 5.91 Å². The largest absolute Gasteiger partial charge is 0.481 e. The van der Waals surface area contributed by atoms with Crippen LogP contribution in [0.4, 0.5) is 6.01 Å². The molecule has 0 saturated heterocycles. The number of nitrogens with zero attached hydrogens (tertiary/aromatic N) is 2. The molecular formula is C23H15Cl2N3O5. The van der Waals surface area contributed by atoms with E-state index in [2.05, 4.69) is 15.3 Å². The number of anilines is 1. The molecule has 166 valence electrons. The van der Waals surface area contributed by atoms with Crippen LogP contribution < -0.4 is 14.8 Å². The van der Waals surface area contributed by atoms with Crippen LogP contribution in [-0.4, -0.2) is 22.0 Å². The molecule has 0 aliphatic rings. The molecular weight excluding hydrogens is 469 g/mol. The van der Waals surface area contributed by atoms with E-state index in [1.165, 1.54) is 0 Å². The Labute approximate surface area is 197 Å². The summed E-state index contributed by atoms with van der Waals surface area (Å²) in [5.41, 5.74) is 2.22. The molecule has 1 amide bonds. The number of rotatable bonds is 6. The summed E-state index contributed by atoms with van der Waals surface area (Å²) in [6, 6.07) is 16.9. The van der Waals surface area contributed by atoms with Crippen LogP contribution in [0.15, 0.2) is 69.5 Å². The average Bonchev–Trinajstić information content (AvgIpc) is 3.36. The third-order valence-corrected chi connectivity index (χ3v) is 5.09. The summed E-state index contributed by atoms with van der Waals surface area (Å²) in [5.74, 6) is 0.541. The molecule has 0 aliphatic heterocycles. The Bertz CT molecular complexity index is 1460. The lowest BCUT2D eigenvalue weighted by molar-refractivity contribution is -0.122. The zero-order chi connectivity index (χ0) is 22.9. The Balaban J connectivity index is 1.20. The van der Waals surface area contributed by atoms with Gasteiger partial charge in [-0.2, -0.15) is 9.97 Å². The fourth-order valence-electron chi connectivity index (χ4n) is 3.03. The van der Waals surface area contributed by atoms with E-state index < -0.39 is 12.0 Å². The van der Waals surface area contributed by atoms with Crippen molar-refractivity contribution >= 4 is 57.3 Å². The summed E-state index contributed by atoms with van der Waals surface area (Å²) in [4.78, 5) is 20.9. The van der Waals surface area contributed by atoms with Crippen LogP contribution in [0.2, 0.25) is 10.0 Å². The molecule has 0 aliphatic carbocycles. The number of carbonyl (C=O) groups excluding carboxylic acids is 1. The molecule has 0 fully saturated rings. The first-order valence-corrected chi connectivity index (χ1v) is 10.6. The van der Waals surface area contributed by atoms with Crippen molar-refractivity contribution in [2.45, 2.75) is 13.0 Å².